The lowest BCUT2D eigenvalue weighted by atomic mass is 9.98. The molecule has 0 spiro atoms. The third kappa shape index (κ3) is 3.71. The van der Waals surface area contributed by atoms with Crippen molar-refractivity contribution in [1.29, 1.82) is 0 Å². The topological polar surface area (TPSA) is 25.2 Å². The molecule has 0 saturated heterocycles. The Hall–Kier alpha value is -1.54. The fraction of sp³-hybridized carbons (Fsp3) is 0.412. The Morgan fingerprint density at radius 3 is 2.42 bits per heavy atom. The summed E-state index contributed by atoms with van der Waals surface area (Å²) in [5.41, 5.74) is 3.90. The van der Waals surface area contributed by atoms with Crippen LogP contribution in [-0.2, 0) is 6.42 Å². The summed E-state index contributed by atoms with van der Waals surface area (Å²) in [7, 11) is 0. The van der Waals surface area contributed by atoms with Crippen molar-refractivity contribution in [3.05, 3.63) is 59.5 Å². The van der Waals surface area contributed by atoms with Crippen LogP contribution in [0.1, 0.15) is 49.4 Å². The zero-order valence-electron chi connectivity index (χ0n) is 11.9. The van der Waals surface area contributed by atoms with Crippen LogP contribution in [0.25, 0.3) is 0 Å². The van der Waals surface area contributed by atoms with Gasteiger partial charge in [0.05, 0.1) is 18.6 Å². The van der Waals surface area contributed by atoms with Gasteiger partial charge in [0.15, 0.2) is 0 Å². The number of nitrogens with one attached hydrogen (secondary N) is 1. The van der Waals surface area contributed by atoms with E-state index >= 15 is 0 Å². The van der Waals surface area contributed by atoms with Crippen LogP contribution in [0.2, 0.25) is 0 Å². The zero-order chi connectivity index (χ0) is 13.5. The fourth-order valence-electron chi connectivity index (χ4n) is 2.33. The smallest absolute Gasteiger partial charge is 0.0953 e. The summed E-state index contributed by atoms with van der Waals surface area (Å²) in [6.45, 7) is 5.30. The molecule has 0 saturated carbocycles. The van der Waals surface area contributed by atoms with Crippen LogP contribution < -0.4 is 5.32 Å². The van der Waals surface area contributed by atoms with Crippen molar-refractivity contribution in [2.45, 2.75) is 39.2 Å². The third-order valence-corrected chi connectivity index (χ3v) is 3.42. The van der Waals surface area contributed by atoms with Crippen LogP contribution >= 0.6 is 0 Å². The Labute approximate surface area is 115 Å². The lowest BCUT2D eigenvalue weighted by Crippen LogP contribution is -2.21. The number of hydrogen-bond acceptors (Lipinski definition) is 2. The van der Waals surface area contributed by atoms with Crippen molar-refractivity contribution in [1.82, 2.24) is 5.32 Å². The molecule has 2 rings (SSSR count). The lowest BCUT2D eigenvalue weighted by Gasteiger charge is -2.17. The van der Waals surface area contributed by atoms with Crippen LogP contribution in [0.15, 0.2) is 47.3 Å². The molecule has 0 amide bonds. The average molecular weight is 257 g/mol. The van der Waals surface area contributed by atoms with Crippen LogP contribution in [0.5, 0.6) is 0 Å². The van der Waals surface area contributed by atoms with Gasteiger partial charge in [-0.1, -0.05) is 44.5 Å². The molecule has 0 fully saturated rings. The molecule has 1 heterocycles. The number of unbranched alkanes of at least 4 members (excludes halogenated alkanes) is 1. The molecule has 0 aliphatic rings. The molecule has 0 bridgehead atoms. The molecule has 2 aromatic rings. The summed E-state index contributed by atoms with van der Waals surface area (Å²) in [4.78, 5) is 0. The molecule has 2 nitrogen and oxygen atoms in total. The Kier molecular flexibility index (Phi) is 5.22. The highest BCUT2D eigenvalue weighted by Crippen LogP contribution is 2.23. The summed E-state index contributed by atoms with van der Waals surface area (Å²) in [5.74, 6) is 0. The number of furan rings is 1. The van der Waals surface area contributed by atoms with E-state index in [1.807, 2.05) is 12.3 Å². The van der Waals surface area contributed by atoms with Gasteiger partial charge in [-0.05, 0) is 36.6 Å². The van der Waals surface area contributed by atoms with Crippen molar-refractivity contribution < 1.29 is 4.42 Å². The van der Waals surface area contributed by atoms with Gasteiger partial charge < -0.3 is 9.73 Å². The van der Waals surface area contributed by atoms with Gasteiger partial charge in [-0.25, -0.2) is 0 Å². The third-order valence-electron chi connectivity index (χ3n) is 3.42. The van der Waals surface area contributed by atoms with E-state index in [4.69, 9.17) is 4.42 Å². The van der Waals surface area contributed by atoms with E-state index in [1.54, 1.807) is 6.26 Å². The van der Waals surface area contributed by atoms with Crippen molar-refractivity contribution in [2.75, 3.05) is 6.54 Å². The van der Waals surface area contributed by atoms with Crippen molar-refractivity contribution in [3.8, 4) is 0 Å². The van der Waals surface area contributed by atoms with E-state index in [0.717, 1.165) is 6.54 Å². The van der Waals surface area contributed by atoms with E-state index in [-0.39, 0.29) is 6.04 Å². The monoisotopic (exact) mass is 257 g/mol. The number of aryl methyl sites for hydroxylation is 1. The number of benzene rings is 1. The zero-order valence-corrected chi connectivity index (χ0v) is 11.9. The molecule has 2 heteroatoms. The minimum Gasteiger partial charge on any atom is -0.472 e. The summed E-state index contributed by atoms with van der Waals surface area (Å²) in [6.07, 6.45) is 7.23. The maximum absolute atomic E-state index is 5.20. The van der Waals surface area contributed by atoms with Gasteiger partial charge >= 0.3 is 0 Å². The van der Waals surface area contributed by atoms with Gasteiger partial charge in [0.25, 0.3) is 0 Å². The van der Waals surface area contributed by atoms with Gasteiger partial charge in [0.2, 0.25) is 0 Å². The Morgan fingerprint density at radius 2 is 1.84 bits per heavy atom. The van der Waals surface area contributed by atoms with Crippen LogP contribution in [0.3, 0.4) is 0 Å². The highest BCUT2D eigenvalue weighted by molar-refractivity contribution is 5.32. The molecule has 0 aliphatic carbocycles. The summed E-state index contributed by atoms with van der Waals surface area (Å²) in [6, 6.07) is 11.2. The molecule has 1 aromatic carbocycles. The second-order valence-electron chi connectivity index (χ2n) is 4.89. The van der Waals surface area contributed by atoms with E-state index in [0.29, 0.717) is 0 Å². The first-order chi connectivity index (χ1) is 9.35. The molecule has 0 radical (unpaired) electrons. The summed E-state index contributed by atoms with van der Waals surface area (Å²) >= 11 is 0. The number of rotatable bonds is 7. The Bertz CT molecular complexity index is 459. The Balaban J connectivity index is 2.13. The van der Waals surface area contributed by atoms with Crippen molar-refractivity contribution in [3.63, 3.8) is 0 Å². The largest absolute Gasteiger partial charge is 0.472 e. The lowest BCUT2D eigenvalue weighted by molar-refractivity contribution is 0.553. The quantitative estimate of drug-likeness (QED) is 0.799. The maximum Gasteiger partial charge on any atom is 0.0953 e. The van der Waals surface area contributed by atoms with Crippen LogP contribution in [0.4, 0.5) is 0 Å². The molecule has 19 heavy (non-hydrogen) atoms. The van der Waals surface area contributed by atoms with Gasteiger partial charge in [-0.2, -0.15) is 0 Å². The first-order valence-corrected chi connectivity index (χ1v) is 7.19. The SMILES string of the molecule is CCCCc1ccc(C(NCC)c2ccoc2)cc1. The van der Waals surface area contributed by atoms with E-state index in [2.05, 4.69) is 43.4 Å². The molecule has 1 atom stereocenters. The number of hydrogen-bond donors (Lipinski definition) is 1. The highest BCUT2D eigenvalue weighted by atomic mass is 16.3. The van der Waals surface area contributed by atoms with E-state index < -0.39 is 0 Å². The van der Waals surface area contributed by atoms with Crippen LogP contribution in [-0.4, -0.2) is 6.54 Å². The van der Waals surface area contributed by atoms with E-state index in [1.165, 1.54) is 36.0 Å². The summed E-state index contributed by atoms with van der Waals surface area (Å²) in [5, 5.41) is 3.50. The van der Waals surface area contributed by atoms with Crippen molar-refractivity contribution >= 4 is 0 Å². The van der Waals surface area contributed by atoms with Gasteiger partial charge in [0.1, 0.15) is 0 Å². The van der Waals surface area contributed by atoms with Crippen LogP contribution in [0, 0.1) is 0 Å². The van der Waals surface area contributed by atoms with E-state index in [9.17, 15) is 0 Å². The standard InChI is InChI=1S/C17H23NO/c1-3-5-6-14-7-9-15(10-8-14)17(18-4-2)16-11-12-19-13-16/h7-13,17-18H,3-6H2,1-2H3. The highest BCUT2D eigenvalue weighted by Gasteiger charge is 2.13. The maximum atomic E-state index is 5.20. The molecule has 102 valence electrons. The molecule has 0 aliphatic heterocycles. The first-order valence-electron chi connectivity index (χ1n) is 7.19. The molecular formula is C17H23NO. The predicted molar refractivity (Wildman–Crippen MR) is 79.3 cm³/mol. The minimum absolute atomic E-state index is 0.226. The normalized spacial score (nSPS) is 12.5. The molecule has 1 N–H and O–H groups in total. The first kappa shape index (κ1) is 13.9. The average Bonchev–Trinajstić information content (AvgIpc) is 2.97. The van der Waals surface area contributed by atoms with Gasteiger partial charge in [-0.15, -0.1) is 0 Å². The fourth-order valence-corrected chi connectivity index (χ4v) is 2.33. The molecule has 1 unspecified atom stereocenters. The minimum atomic E-state index is 0.226. The van der Waals surface area contributed by atoms with Gasteiger partial charge in [-0.3, -0.25) is 0 Å². The Morgan fingerprint density at radius 1 is 1.05 bits per heavy atom. The molecule has 1 aromatic heterocycles. The molecular weight excluding hydrogens is 234 g/mol. The summed E-state index contributed by atoms with van der Waals surface area (Å²) < 4.78 is 5.20. The second kappa shape index (κ2) is 7.15. The van der Waals surface area contributed by atoms with Crippen molar-refractivity contribution in [2.24, 2.45) is 0 Å². The predicted octanol–water partition coefficient (Wildman–Crippen LogP) is 4.32. The second-order valence-corrected chi connectivity index (χ2v) is 4.89. The van der Waals surface area contributed by atoms with Gasteiger partial charge in [0, 0.05) is 5.56 Å².